The van der Waals surface area contributed by atoms with Crippen molar-refractivity contribution >= 4 is 5.97 Å². The molecule has 0 atom stereocenters. The Morgan fingerprint density at radius 3 is 2.29 bits per heavy atom. The van der Waals surface area contributed by atoms with Crippen LogP contribution in [0.2, 0.25) is 0 Å². The van der Waals surface area contributed by atoms with Gasteiger partial charge in [-0.25, -0.2) is 4.79 Å². The minimum Gasteiger partial charge on any atom is -0.297 e. The van der Waals surface area contributed by atoms with Crippen LogP contribution in [0.4, 0.5) is 0 Å². The van der Waals surface area contributed by atoms with Gasteiger partial charge in [0.05, 0.1) is 11.5 Å². The average molecular weight is 200 g/mol. The lowest BCUT2D eigenvalue weighted by atomic mass is 9.76. The molecule has 0 heterocycles. The molecule has 0 aromatic carbocycles. The second-order valence-electron chi connectivity index (χ2n) is 4.64. The number of carbonyl (C=O) groups is 1. The van der Waals surface area contributed by atoms with Gasteiger partial charge in [-0.15, -0.1) is 0 Å². The van der Waals surface area contributed by atoms with E-state index in [0.29, 0.717) is 0 Å². The Balaban J connectivity index is 2.41. The molecule has 0 amide bonds. The fourth-order valence-electron chi connectivity index (χ4n) is 1.78. The summed E-state index contributed by atoms with van der Waals surface area (Å²) in [5, 5.41) is 0. The summed E-state index contributed by atoms with van der Waals surface area (Å²) in [7, 11) is 0. The molecular weight excluding hydrogens is 180 g/mol. The molecule has 0 spiro atoms. The van der Waals surface area contributed by atoms with E-state index in [0.717, 1.165) is 25.7 Å². The van der Waals surface area contributed by atoms with Crippen LogP contribution >= 0.6 is 0 Å². The molecule has 0 aromatic heterocycles. The van der Waals surface area contributed by atoms with Gasteiger partial charge in [0, 0.05) is 0 Å². The maximum atomic E-state index is 11.7. The zero-order valence-electron chi connectivity index (χ0n) is 9.34. The third-order valence-electron chi connectivity index (χ3n) is 2.77. The van der Waals surface area contributed by atoms with Crippen molar-refractivity contribution in [2.75, 3.05) is 0 Å². The van der Waals surface area contributed by atoms with Gasteiger partial charge in [0.25, 0.3) is 0 Å². The van der Waals surface area contributed by atoms with Crippen LogP contribution in [-0.2, 0) is 14.6 Å². The lowest BCUT2D eigenvalue weighted by Crippen LogP contribution is -2.32. The Bertz CT molecular complexity index is 193. The van der Waals surface area contributed by atoms with Gasteiger partial charge in [-0.1, -0.05) is 19.3 Å². The molecule has 0 aromatic rings. The van der Waals surface area contributed by atoms with Gasteiger partial charge in [0.15, 0.2) is 0 Å². The summed E-state index contributed by atoms with van der Waals surface area (Å²) in [6.45, 7) is 5.66. The van der Waals surface area contributed by atoms with Gasteiger partial charge >= 0.3 is 5.97 Å². The molecule has 1 saturated carbocycles. The highest BCUT2D eigenvalue weighted by Crippen LogP contribution is 2.36. The molecular formula is C11H20O3. The molecule has 0 aliphatic heterocycles. The van der Waals surface area contributed by atoms with Crippen LogP contribution in [0, 0.1) is 5.41 Å². The molecule has 1 fully saturated rings. The molecule has 1 rings (SSSR count). The van der Waals surface area contributed by atoms with Gasteiger partial charge in [-0.05, 0) is 33.6 Å². The second-order valence-corrected chi connectivity index (χ2v) is 4.64. The maximum absolute atomic E-state index is 11.7. The first-order valence-corrected chi connectivity index (χ1v) is 5.42. The minimum atomic E-state index is -0.312. The van der Waals surface area contributed by atoms with E-state index in [9.17, 15) is 4.79 Å². The van der Waals surface area contributed by atoms with Gasteiger partial charge in [-0.2, -0.15) is 4.89 Å². The monoisotopic (exact) mass is 200 g/mol. The first-order valence-electron chi connectivity index (χ1n) is 5.42. The first-order chi connectivity index (χ1) is 6.54. The smallest absolute Gasteiger partial charge is 0.297 e. The standard InChI is InChI=1S/C11H20O3/c1-9(2)13-14-10(12)11(3)7-5-4-6-8-11/h9H,4-8H2,1-3H3. The zero-order valence-corrected chi connectivity index (χ0v) is 9.34. The topological polar surface area (TPSA) is 35.5 Å². The summed E-state index contributed by atoms with van der Waals surface area (Å²) in [4.78, 5) is 21.4. The largest absolute Gasteiger partial charge is 0.348 e. The van der Waals surface area contributed by atoms with Crippen LogP contribution in [0.5, 0.6) is 0 Å². The van der Waals surface area contributed by atoms with E-state index in [1.165, 1.54) is 6.42 Å². The van der Waals surface area contributed by atoms with Crippen molar-refractivity contribution in [1.82, 2.24) is 0 Å². The Morgan fingerprint density at radius 2 is 1.79 bits per heavy atom. The summed E-state index contributed by atoms with van der Waals surface area (Å²) >= 11 is 0. The van der Waals surface area contributed by atoms with Crippen LogP contribution < -0.4 is 0 Å². The Morgan fingerprint density at radius 1 is 1.21 bits per heavy atom. The SMILES string of the molecule is CC(C)OOC(=O)C1(C)CCCCC1. The normalized spacial score (nSPS) is 20.9. The lowest BCUT2D eigenvalue weighted by molar-refractivity contribution is -0.299. The molecule has 0 unspecified atom stereocenters. The van der Waals surface area contributed by atoms with Crippen molar-refractivity contribution in [2.24, 2.45) is 5.41 Å². The van der Waals surface area contributed by atoms with Gasteiger partial charge in [0.1, 0.15) is 0 Å². The predicted octanol–water partition coefficient (Wildman–Crippen LogP) is 2.84. The number of hydrogen-bond acceptors (Lipinski definition) is 3. The summed E-state index contributed by atoms with van der Waals surface area (Å²) in [5.41, 5.74) is -0.312. The van der Waals surface area contributed by atoms with Crippen LogP contribution in [0.25, 0.3) is 0 Å². The summed E-state index contributed by atoms with van der Waals surface area (Å²) < 4.78 is 0. The molecule has 3 heteroatoms. The maximum Gasteiger partial charge on any atom is 0.348 e. The van der Waals surface area contributed by atoms with Crippen molar-refractivity contribution in [2.45, 2.75) is 59.0 Å². The van der Waals surface area contributed by atoms with Crippen molar-refractivity contribution in [3.8, 4) is 0 Å². The fraction of sp³-hybridized carbons (Fsp3) is 0.909. The molecule has 0 bridgehead atoms. The molecule has 1 aliphatic rings. The van der Waals surface area contributed by atoms with E-state index in [-0.39, 0.29) is 17.5 Å². The summed E-state index contributed by atoms with van der Waals surface area (Å²) in [5.74, 6) is -0.203. The highest BCUT2D eigenvalue weighted by molar-refractivity contribution is 5.75. The number of hydrogen-bond donors (Lipinski definition) is 0. The Hall–Kier alpha value is -0.570. The second kappa shape index (κ2) is 4.78. The molecule has 3 nitrogen and oxygen atoms in total. The summed E-state index contributed by atoms with van der Waals surface area (Å²) in [6.07, 6.45) is 5.25. The van der Waals surface area contributed by atoms with E-state index >= 15 is 0 Å². The molecule has 82 valence electrons. The molecule has 0 saturated heterocycles. The third-order valence-corrected chi connectivity index (χ3v) is 2.77. The van der Waals surface area contributed by atoms with Gasteiger partial charge < -0.3 is 0 Å². The van der Waals surface area contributed by atoms with Crippen molar-refractivity contribution < 1.29 is 14.6 Å². The first kappa shape index (κ1) is 11.5. The van der Waals surface area contributed by atoms with Crippen LogP contribution in [0.3, 0.4) is 0 Å². The van der Waals surface area contributed by atoms with Crippen molar-refractivity contribution in [1.29, 1.82) is 0 Å². The molecule has 14 heavy (non-hydrogen) atoms. The van der Waals surface area contributed by atoms with Crippen LogP contribution in [0.1, 0.15) is 52.9 Å². The van der Waals surface area contributed by atoms with Gasteiger partial charge in [0.2, 0.25) is 0 Å². The van der Waals surface area contributed by atoms with Crippen molar-refractivity contribution in [3.05, 3.63) is 0 Å². The summed E-state index contributed by atoms with van der Waals surface area (Å²) in [6, 6.07) is 0. The van der Waals surface area contributed by atoms with E-state index in [1.807, 2.05) is 20.8 Å². The van der Waals surface area contributed by atoms with Crippen LogP contribution in [-0.4, -0.2) is 12.1 Å². The molecule has 1 aliphatic carbocycles. The van der Waals surface area contributed by atoms with Gasteiger partial charge in [-0.3, -0.25) is 4.89 Å². The number of rotatable bonds is 3. The predicted molar refractivity (Wildman–Crippen MR) is 53.5 cm³/mol. The Kier molecular flexibility index (Phi) is 3.93. The number of carbonyl (C=O) groups excluding carboxylic acids is 1. The molecule has 0 radical (unpaired) electrons. The van der Waals surface area contributed by atoms with E-state index in [1.54, 1.807) is 0 Å². The third kappa shape index (κ3) is 2.98. The quantitative estimate of drug-likeness (QED) is 0.519. The van der Waals surface area contributed by atoms with E-state index in [4.69, 9.17) is 9.78 Å². The Labute approximate surface area is 85.7 Å². The fourth-order valence-corrected chi connectivity index (χ4v) is 1.78. The van der Waals surface area contributed by atoms with E-state index < -0.39 is 0 Å². The van der Waals surface area contributed by atoms with Crippen molar-refractivity contribution in [3.63, 3.8) is 0 Å². The average Bonchev–Trinajstić information content (AvgIpc) is 2.15. The minimum absolute atomic E-state index is 0.0638. The highest BCUT2D eigenvalue weighted by Gasteiger charge is 2.37. The lowest BCUT2D eigenvalue weighted by Gasteiger charge is -2.30. The molecule has 0 N–H and O–H groups in total. The van der Waals surface area contributed by atoms with Crippen LogP contribution in [0.15, 0.2) is 0 Å². The van der Waals surface area contributed by atoms with E-state index in [2.05, 4.69) is 0 Å². The highest BCUT2D eigenvalue weighted by atomic mass is 17.2. The zero-order chi connectivity index (χ0) is 10.6.